The molecule has 0 saturated carbocycles. The number of piperazine rings is 1. The Labute approximate surface area is 125 Å². The van der Waals surface area contributed by atoms with E-state index in [-0.39, 0.29) is 22.2 Å². The third-order valence-electron chi connectivity index (χ3n) is 3.91. The molecule has 0 bridgehead atoms. The monoisotopic (exact) mass is 345 g/mol. The van der Waals surface area contributed by atoms with E-state index in [0.29, 0.717) is 18.8 Å². The van der Waals surface area contributed by atoms with Crippen molar-refractivity contribution in [3.63, 3.8) is 0 Å². The van der Waals surface area contributed by atoms with Crippen molar-refractivity contribution in [3.05, 3.63) is 32.5 Å². The van der Waals surface area contributed by atoms with E-state index in [2.05, 4.69) is 34.7 Å². The fourth-order valence-electron chi connectivity index (χ4n) is 2.53. The van der Waals surface area contributed by atoms with E-state index in [1.54, 1.807) is 0 Å². The SMILES string of the molecule is C[C@H]1CN(c2cc(F)c(Br)cc2[N+](=O)[O-])C[C@H](C)N1C. The molecule has 20 heavy (non-hydrogen) atoms. The smallest absolute Gasteiger partial charge is 0.293 e. The van der Waals surface area contributed by atoms with Gasteiger partial charge in [0.25, 0.3) is 5.69 Å². The van der Waals surface area contributed by atoms with Crippen LogP contribution in [-0.4, -0.2) is 42.0 Å². The Hall–Kier alpha value is -1.21. The van der Waals surface area contributed by atoms with Gasteiger partial charge in [-0.3, -0.25) is 15.0 Å². The summed E-state index contributed by atoms with van der Waals surface area (Å²) >= 11 is 3.00. The number of anilines is 1. The maximum absolute atomic E-state index is 13.7. The minimum atomic E-state index is -0.482. The van der Waals surface area contributed by atoms with Crippen molar-refractivity contribution in [1.29, 1.82) is 0 Å². The summed E-state index contributed by atoms with van der Waals surface area (Å²) in [7, 11) is 2.03. The third kappa shape index (κ3) is 2.78. The summed E-state index contributed by atoms with van der Waals surface area (Å²) in [5, 5.41) is 11.2. The third-order valence-corrected chi connectivity index (χ3v) is 4.52. The number of rotatable bonds is 2. The fraction of sp³-hybridized carbons (Fsp3) is 0.538. The molecule has 0 N–H and O–H groups in total. The van der Waals surface area contributed by atoms with Crippen molar-refractivity contribution < 1.29 is 9.31 Å². The second kappa shape index (κ2) is 5.65. The van der Waals surface area contributed by atoms with Crippen LogP contribution in [-0.2, 0) is 0 Å². The summed E-state index contributed by atoms with van der Waals surface area (Å²) in [6, 6.07) is 2.99. The predicted octanol–water partition coefficient (Wildman–Crippen LogP) is 3.03. The van der Waals surface area contributed by atoms with Gasteiger partial charge < -0.3 is 4.90 Å². The molecule has 2 rings (SSSR count). The quantitative estimate of drug-likeness (QED) is 0.610. The van der Waals surface area contributed by atoms with E-state index in [1.165, 1.54) is 12.1 Å². The van der Waals surface area contributed by atoms with Gasteiger partial charge in [-0.2, -0.15) is 0 Å². The van der Waals surface area contributed by atoms with Gasteiger partial charge in [0.1, 0.15) is 11.5 Å². The number of nitro groups is 1. The Morgan fingerprint density at radius 1 is 1.35 bits per heavy atom. The topological polar surface area (TPSA) is 49.6 Å². The van der Waals surface area contributed by atoms with Crippen LogP contribution in [0, 0.1) is 15.9 Å². The van der Waals surface area contributed by atoms with Crippen molar-refractivity contribution in [2.45, 2.75) is 25.9 Å². The van der Waals surface area contributed by atoms with E-state index in [1.807, 2.05) is 11.9 Å². The normalized spacial score (nSPS) is 23.9. The Kier molecular flexibility index (Phi) is 4.29. The van der Waals surface area contributed by atoms with Crippen molar-refractivity contribution >= 4 is 27.3 Å². The van der Waals surface area contributed by atoms with Crippen LogP contribution in [0.15, 0.2) is 16.6 Å². The zero-order valence-corrected chi connectivity index (χ0v) is 13.2. The van der Waals surface area contributed by atoms with Gasteiger partial charge in [-0.25, -0.2) is 4.39 Å². The highest BCUT2D eigenvalue weighted by Crippen LogP contribution is 2.35. The maximum Gasteiger partial charge on any atom is 0.293 e. The van der Waals surface area contributed by atoms with E-state index in [0.717, 1.165) is 0 Å². The molecule has 1 aliphatic heterocycles. The molecule has 7 heteroatoms. The molecule has 0 radical (unpaired) electrons. The molecule has 0 aliphatic carbocycles. The summed E-state index contributed by atoms with van der Waals surface area (Å²) in [6.45, 7) is 5.40. The van der Waals surface area contributed by atoms with Crippen molar-refractivity contribution in [3.8, 4) is 0 Å². The van der Waals surface area contributed by atoms with E-state index < -0.39 is 10.7 Å². The minimum Gasteiger partial charge on any atom is -0.363 e. The number of nitrogens with zero attached hydrogens (tertiary/aromatic N) is 3. The number of benzene rings is 1. The molecule has 1 heterocycles. The molecule has 1 aliphatic rings. The molecule has 0 spiro atoms. The second-order valence-corrected chi connectivity index (χ2v) is 6.13. The minimum absolute atomic E-state index is 0.0674. The zero-order chi connectivity index (χ0) is 15.0. The van der Waals surface area contributed by atoms with Crippen molar-refractivity contribution in [1.82, 2.24) is 4.90 Å². The Morgan fingerprint density at radius 2 is 1.90 bits per heavy atom. The lowest BCUT2D eigenvalue weighted by Gasteiger charge is -2.43. The second-order valence-electron chi connectivity index (χ2n) is 5.28. The average molecular weight is 346 g/mol. The predicted molar refractivity (Wildman–Crippen MR) is 79.7 cm³/mol. The Morgan fingerprint density at radius 3 is 2.40 bits per heavy atom. The van der Waals surface area contributed by atoms with Crippen LogP contribution in [0.1, 0.15) is 13.8 Å². The first-order valence-electron chi connectivity index (χ1n) is 6.41. The number of likely N-dealkylation sites (N-methyl/N-ethyl adjacent to an activating group) is 1. The summed E-state index contributed by atoms with van der Waals surface area (Å²) in [4.78, 5) is 14.8. The van der Waals surface area contributed by atoms with Gasteiger partial charge in [-0.15, -0.1) is 0 Å². The van der Waals surface area contributed by atoms with Crippen LogP contribution >= 0.6 is 15.9 Å². The molecule has 1 aromatic rings. The summed E-state index contributed by atoms with van der Waals surface area (Å²) < 4.78 is 13.9. The molecular weight excluding hydrogens is 329 g/mol. The van der Waals surface area contributed by atoms with Crippen LogP contribution in [0.3, 0.4) is 0 Å². The van der Waals surface area contributed by atoms with Gasteiger partial charge in [-0.1, -0.05) is 0 Å². The van der Waals surface area contributed by atoms with Crippen molar-refractivity contribution in [2.24, 2.45) is 0 Å². The molecule has 1 aromatic carbocycles. The van der Waals surface area contributed by atoms with Crippen molar-refractivity contribution in [2.75, 3.05) is 25.0 Å². The van der Waals surface area contributed by atoms with Crippen LogP contribution in [0.4, 0.5) is 15.8 Å². The van der Waals surface area contributed by atoms with E-state index in [9.17, 15) is 14.5 Å². The molecule has 1 saturated heterocycles. The highest BCUT2D eigenvalue weighted by molar-refractivity contribution is 9.10. The van der Waals surface area contributed by atoms with Crippen LogP contribution < -0.4 is 4.90 Å². The number of hydrogen-bond acceptors (Lipinski definition) is 4. The van der Waals surface area contributed by atoms with Gasteiger partial charge in [0, 0.05) is 37.3 Å². The lowest BCUT2D eigenvalue weighted by molar-refractivity contribution is -0.384. The number of nitro benzene ring substituents is 1. The van der Waals surface area contributed by atoms with Gasteiger partial charge in [0.05, 0.1) is 9.40 Å². The molecule has 5 nitrogen and oxygen atoms in total. The summed E-state index contributed by atoms with van der Waals surface area (Å²) in [6.07, 6.45) is 0. The van der Waals surface area contributed by atoms with E-state index in [4.69, 9.17) is 0 Å². The number of halogens is 2. The first-order chi connectivity index (χ1) is 9.31. The van der Waals surface area contributed by atoms with Crippen LogP contribution in [0.2, 0.25) is 0 Å². The highest BCUT2D eigenvalue weighted by atomic mass is 79.9. The molecule has 1 fully saturated rings. The molecular formula is C13H17BrFN3O2. The molecule has 0 amide bonds. The lowest BCUT2D eigenvalue weighted by atomic mass is 10.1. The van der Waals surface area contributed by atoms with Crippen LogP contribution in [0.5, 0.6) is 0 Å². The van der Waals surface area contributed by atoms with E-state index >= 15 is 0 Å². The summed E-state index contributed by atoms with van der Waals surface area (Å²) in [5.74, 6) is -0.482. The lowest BCUT2D eigenvalue weighted by Crippen LogP contribution is -2.55. The number of hydrogen-bond donors (Lipinski definition) is 0. The maximum atomic E-state index is 13.7. The average Bonchev–Trinajstić information content (AvgIpc) is 2.37. The summed E-state index contributed by atoms with van der Waals surface area (Å²) in [5.41, 5.74) is 0.282. The zero-order valence-electron chi connectivity index (χ0n) is 11.6. The standard InChI is InChI=1S/C13H17BrFN3O2/c1-8-6-17(7-9(2)16(8)3)12-5-11(15)10(14)4-13(12)18(19)20/h4-5,8-9H,6-7H2,1-3H3/t8-,9-/m0/s1. The highest BCUT2D eigenvalue weighted by Gasteiger charge is 2.31. The largest absolute Gasteiger partial charge is 0.363 e. The Bertz CT molecular complexity index is 529. The fourth-order valence-corrected chi connectivity index (χ4v) is 2.86. The first kappa shape index (κ1) is 15.2. The molecule has 2 atom stereocenters. The van der Waals surface area contributed by atoms with Gasteiger partial charge in [0.2, 0.25) is 0 Å². The van der Waals surface area contributed by atoms with Gasteiger partial charge in [0.15, 0.2) is 0 Å². The Balaban J connectivity index is 2.42. The molecule has 110 valence electrons. The first-order valence-corrected chi connectivity index (χ1v) is 7.21. The van der Waals surface area contributed by atoms with Gasteiger partial charge in [-0.05, 0) is 36.8 Å². The molecule has 0 unspecified atom stereocenters. The van der Waals surface area contributed by atoms with Crippen LogP contribution in [0.25, 0.3) is 0 Å². The molecule has 0 aromatic heterocycles. The van der Waals surface area contributed by atoms with Gasteiger partial charge >= 0.3 is 0 Å².